The third-order valence-corrected chi connectivity index (χ3v) is 2.77. The first-order valence-corrected chi connectivity index (χ1v) is 6.31. The maximum Gasteiger partial charge on any atom is 0.323 e. The summed E-state index contributed by atoms with van der Waals surface area (Å²) < 4.78 is 4.99. The molecule has 2 atom stereocenters. The Labute approximate surface area is 108 Å². The number of ether oxygens (including phenoxy) is 1. The standard InChI is InChI=1S/C14H21NO3/c1-3-12(14(17)18-4-2)15-13(10-16)11-8-6-5-7-9-11/h5-9,12-13,15-16H,3-4,10H2,1-2H3. The minimum absolute atomic E-state index is 0.0556. The van der Waals surface area contributed by atoms with Crippen molar-refractivity contribution >= 4 is 5.97 Å². The van der Waals surface area contributed by atoms with Crippen LogP contribution in [0.15, 0.2) is 30.3 Å². The molecule has 0 radical (unpaired) electrons. The maximum absolute atomic E-state index is 11.7. The van der Waals surface area contributed by atoms with E-state index in [1.54, 1.807) is 6.92 Å². The number of hydrogen-bond donors (Lipinski definition) is 2. The molecule has 100 valence electrons. The first-order chi connectivity index (χ1) is 8.72. The molecule has 1 aromatic rings. The van der Waals surface area contributed by atoms with E-state index in [1.165, 1.54) is 0 Å². The van der Waals surface area contributed by atoms with Crippen molar-refractivity contribution in [3.8, 4) is 0 Å². The summed E-state index contributed by atoms with van der Waals surface area (Å²) in [4.78, 5) is 11.7. The van der Waals surface area contributed by atoms with E-state index >= 15 is 0 Å². The SMILES string of the molecule is CCOC(=O)C(CC)NC(CO)c1ccccc1. The van der Waals surface area contributed by atoms with Gasteiger partial charge < -0.3 is 9.84 Å². The molecule has 0 saturated carbocycles. The lowest BCUT2D eigenvalue weighted by Gasteiger charge is -2.22. The number of aliphatic hydroxyl groups is 1. The minimum Gasteiger partial charge on any atom is -0.465 e. The van der Waals surface area contributed by atoms with E-state index < -0.39 is 0 Å². The van der Waals surface area contributed by atoms with Gasteiger partial charge in [-0.05, 0) is 18.9 Å². The lowest BCUT2D eigenvalue weighted by molar-refractivity contribution is -0.146. The van der Waals surface area contributed by atoms with E-state index in [9.17, 15) is 9.90 Å². The van der Waals surface area contributed by atoms with Gasteiger partial charge >= 0.3 is 5.97 Å². The molecule has 0 heterocycles. The Morgan fingerprint density at radius 1 is 1.33 bits per heavy atom. The molecule has 0 aliphatic rings. The van der Waals surface area contributed by atoms with Crippen molar-refractivity contribution in [2.45, 2.75) is 32.4 Å². The lowest BCUT2D eigenvalue weighted by atomic mass is 10.1. The Morgan fingerprint density at radius 3 is 2.50 bits per heavy atom. The minimum atomic E-state index is -0.387. The van der Waals surface area contributed by atoms with Crippen LogP contribution in [0.1, 0.15) is 31.9 Å². The molecule has 18 heavy (non-hydrogen) atoms. The summed E-state index contributed by atoms with van der Waals surface area (Å²) >= 11 is 0. The van der Waals surface area contributed by atoms with Gasteiger partial charge in [-0.25, -0.2) is 0 Å². The number of carbonyl (C=O) groups excluding carboxylic acids is 1. The molecule has 0 aliphatic heterocycles. The molecule has 0 spiro atoms. The fourth-order valence-corrected chi connectivity index (χ4v) is 1.78. The van der Waals surface area contributed by atoms with Crippen molar-refractivity contribution in [3.63, 3.8) is 0 Å². The molecule has 2 N–H and O–H groups in total. The topological polar surface area (TPSA) is 58.6 Å². The Bertz CT molecular complexity index is 353. The second-order valence-electron chi connectivity index (χ2n) is 4.03. The number of aliphatic hydroxyl groups excluding tert-OH is 1. The van der Waals surface area contributed by atoms with Gasteiger partial charge in [-0.2, -0.15) is 0 Å². The van der Waals surface area contributed by atoms with Crippen LogP contribution in [0.4, 0.5) is 0 Å². The van der Waals surface area contributed by atoms with E-state index in [0.29, 0.717) is 13.0 Å². The van der Waals surface area contributed by atoms with E-state index in [2.05, 4.69) is 5.32 Å². The highest BCUT2D eigenvalue weighted by Gasteiger charge is 2.21. The average Bonchev–Trinajstić information content (AvgIpc) is 2.41. The molecule has 0 aromatic heterocycles. The van der Waals surface area contributed by atoms with E-state index in [4.69, 9.17) is 4.74 Å². The highest BCUT2D eigenvalue weighted by Crippen LogP contribution is 2.13. The van der Waals surface area contributed by atoms with Crippen LogP contribution in [-0.4, -0.2) is 30.3 Å². The fourth-order valence-electron chi connectivity index (χ4n) is 1.78. The molecular formula is C14H21NO3. The van der Waals surface area contributed by atoms with Crippen LogP contribution in [0.2, 0.25) is 0 Å². The first-order valence-electron chi connectivity index (χ1n) is 6.31. The van der Waals surface area contributed by atoms with Gasteiger partial charge in [0.2, 0.25) is 0 Å². The highest BCUT2D eigenvalue weighted by molar-refractivity contribution is 5.75. The maximum atomic E-state index is 11.7. The van der Waals surface area contributed by atoms with Gasteiger partial charge in [0.1, 0.15) is 6.04 Å². The van der Waals surface area contributed by atoms with Crippen LogP contribution >= 0.6 is 0 Å². The second-order valence-corrected chi connectivity index (χ2v) is 4.03. The summed E-state index contributed by atoms with van der Waals surface area (Å²) in [5.74, 6) is -0.269. The predicted octanol–water partition coefficient (Wildman–Crippen LogP) is 1.65. The van der Waals surface area contributed by atoms with E-state index in [0.717, 1.165) is 5.56 Å². The van der Waals surface area contributed by atoms with Crippen LogP contribution in [0.25, 0.3) is 0 Å². The van der Waals surface area contributed by atoms with E-state index in [1.807, 2.05) is 37.3 Å². The van der Waals surface area contributed by atoms with E-state index in [-0.39, 0.29) is 24.7 Å². The molecule has 0 amide bonds. The summed E-state index contributed by atoms with van der Waals surface area (Å²) in [5.41, 5.74) is 0.961. The van der Waals surface area contributed by atoms with Crippen molar-refractivity contribution in [3.05, 3.63) is 35.9 Å². The molecule has 4 heteroatoms. The van der Waals surface area contributed by atoms with Crippen molar-refractivity contribution in [1.29, 1.82) is 0 Å². The van der Waals surface area contributed by atoms with Crippen molar-refractivity contribution < 1.29 is 14.6 Å². The zero-order valence-corrected chi connectivity index (χ0v) is 10.9. The molecule has 1 aromatic carbocycles. The summed E-state index contributed by atoms with van der Waals surface area (Å²) in [7, 11) is 0. The zero-order chi connectivity index (χ0) is 13.4. The normalized spacial score (nSPS) is 13.9. The van der Waals surface area contributed by atoms with Crippen molar-refractivity contribution in [2.75, 3.05) is 13.2 Å². The zero-order valence-electron chi connectivity index (χ0n) is 10.9. The fraction of sp³-hybridized carbons (Fsp3) is 0.500. The van der Waals surface area contributed by atoms with Crippen LogP contribution in [-0.2, 0) is 9.53 Å². The van der Waals surface area contributed by atoms with Crippen LogP contribution in [0.3, 0.4) is 0 Å². The monoisotopic (exact) mass is 251 g/mol. The number of benzene rings is 1. The number of hydrogen-bond acceptors (Lipinski definition) is 4. The van der Waals surface area contributed by atoms with Gasteiger partial charge in [-0.1, -0.05) is 37.3 Å². The van der Waals surface area contributed by atoms with Gasteiger partial charge in [0, 0.05) is 0 Å². The third kappa shape index (κ3) is 4.13. The predicted molar refractivity (Wildman–Crippen MR) is 70.1 cm³/mol. The Balaban J connectivity index is 2.69. The van der Waals surface area contributed by atoms with Crippen LogP contribution in [0.5, 0.6) is 0 Å². The first kappa shape index (κ1) is 14.7. The quantitative estimate of drug-likeness (QED) is 0.723. The molecule has 1 rings (SSSR count). The molecule has 0 saturated heterocycles. The second kappa shape index (κ2) is 7.84. The molecule has 0 aliphatic carbocycles. The Hall–Kier alpha value is -1.39. The smallest absolute Gasteiger partial charge is 0.323 e. The Kier molecular flexibility index (Phi) is 6.39. The summed E-state index contributed by atoms with van der Waals surface area (Å²) in [6.45, 7) is 4.01. The summed E-state index contributed by atoms with van der Waals surface area (Å²) in [5, 5.41) is 12.6. The molecule has 0 fully saturated rings. The number of rotatable bonds is 7. The lowest BCUT2D eigenvalue weighted by Crippen LogP contribution is -2.41. The average molecular weight is 251 g/mol. The summed E-state index contributed by atoms with van der Waals surface area (Å²) in [6.07, 6.45) is 0.627. The number of esters is 1. The Morgan fingerprint density at radius 2 is 2.00 bits per heavy atom. The number of carbonyl (C=O) groups is 1. The molecule has 4 nitrogen and oxygen atoms in total. The van der Waals surface area contributed by atoms with Gasteiger partial charge in [0.25, 0.3) is 0 Å². The molecule has 2 unspecified atom stereocenters. The van der Waals surface area contributed by atoms with Crippen molar-refractivity contribution in [2.24, 2.45) is 0 Å². The van der Waals surface area contributed by atoms with Gasteiger partial charge in [0.05, 0.1) is 19.3 Å². The van der Waals surface area contributed by atoms with Gasteiger partial charge in [0.15, 0.2) is 0 Å². The third-order valence-electron chi connectivity index (χ3n) is 2.77. The molecular weight excluding hydrogens is 230 g/mol. The number of nitrogens with one attached hydrogen (secondary N) is 1. The van der Waals surface area contributed by atoms with Crippen LogP contribution < -0.4 is 5.32 Å². The summed E-state index contributed by atoms with van der Waals surface area (Å²) in [6, 6.07) is 8.94. The van der Waals surface area contributed by atoms with Crippen molar-refractivity contribution in [1.82, 2.24) is 5.32 Å². The van der Waals surface area contributed by atoms with Gasteiger partial charge in [-0.3, -0.25) is 10.1 Å². The highest BCUT2D eigenvalue weighted by atomic mass is 16.5. The molecule has 0 bridgehead atoms. The van der Waals surface area contributed by atoms with Crippen LogP contribution in [0, 0.1) is 0 Å². The largest absolute Gasteiger partial charge is 0.465 e. The van der Waals surface area contributed by atoms with Gasteiger partial charge in [-0.15, -0.1) is 0 Å².